The lowest BCUT2D eigenvalue weighted by atomic mass is 9.83. The van der Waals surface area contributed by atoms with Gasteiger partial charge in [0.25, 0.3) is 0 Å². The van der Waals surface area contributed by atoms with Crippen molar-refractivity contribution in [1.82, 2.24) is 14.5 Å². The van der Waals surface area contributed by atoms with Crippen molar-refractivity contribution in [2.75, 3.05) is 20.3 Å². The molecule has 0 saturated carbocycles. The molecule has 0 bridgehead atoms. The second kappa shape index (κ2) is 10.6. The summed E-state index contributed by atoms with van der Waals surface area (Å²) in [7, 11) is -1.87. The van der Waals surface area contributed by atoms with Crippen LogP contribution in [0.4, 0.5) is 4.79 Å². The molecule has 2 N–H and O–H groups in total. The Labute approximate surface area is 229 Å². The fraction of sp³-hybridized carbons (Fsp3) is 0.464. The smallest absolute Gasteiger partial charge is 0.408 e. The van der Waals surface area contributed by atoms with Gasteiger partial charge in [0.15, 0.2) is 0 Å². The molecular formula is C28H34N4O6S. The van der Waals surface area contributed by atoms with Gasteiger partial charge >= 0.3 is 6.09 Å². The second-order valence-corrected chi connectivity index (χ2v) is 13.1. The number of carbonyl (C=O) groups is 2. The Morgan fingerprint density at radius 1 is 1.15 bits per heavy atom. The molecule has 2 heterocycles. The highest BCUT2D eigenvalue weighted by molar-refractivity contribution is 7.89. The number of amides is 2. The van der Waals surface area contributed by atoms with Gasteiger partial charge in [-0.3, -0.25) is 9.69 Å². The molecule has 0 aromatic heterocycles. The van der Waals surface area contributed by atoms with E-state index in [1.54, 1.807) is 40.0 Å². The molecule has 10 nitrogen and oxygen atoms in total. The summed E-state index contributed by atoms with van der Waals surface area (Å²) in [6.45, 7) is 6.05. The largest absolute Gasteiger partial charge is 0.465 e. The average molecular weight is 555 g/mol. The van der Waals surface area contributed by atoms with Crippen molar-refractivity contribution < 1.29 is 27.9 Å². The number of hydrogen-bond donors (Lipinski definition) is 2. The van der Waals surface area contributed by atoms with Gasteiger partial charge in [-0.05, 0) is 55.2 Å². The van der Waals surface area contributed by atoms with E-state index in [4.69, 9.17) is 4.74 Å². The van der Waals surface area contributed by atoms with E-state index in [1.165, 1.54) is 9.21 Å². The summed E-state index contributed by atoms with van der Waals surface area (Å²) in [6.07, 6.45) is -0.551. The third-order valence-electron chi connectivity index (χ3n) is 7.36. The minimum absolute atomic E-state index is 0.202. The number of carbonyl (C=O) groups excluding carboxylic acids is 1. The minimum Gasteiger partial charge on any atom is -0.465 e. The summed E-state index contributed by atoms with van der Waals surface area (Å²) >= 11 is 0. The number of carboxylic acid groups (broad SMARTS) is 1. The molecule has 1 atom stereocenters. The van der Waals surface area contributed by atoms with E-state index in [0.29, 0.717) is 11.4 Å². The summed E-state index contributed by atoms with van der Waals surface area (Å²) in [5, 5.41) is 22.7. The second-order valence-electron chi connectivity index (χ2n) is 11.1. The topological polar surface area (TPSA) is 140 Å². The van der Waals surface area contributed by atoms with Crippen molar-refractivity contribution in [3.05, 3.63) is 53.6 Å². The Bertz CT molecular complexity index is 1400. The number of sulfonamides is 1. The van der Waals surface area contributed by atoms with E-state index in [-0.39, 0.29) is 32.5 Å². The van der Waals surface area contributed by atoms with Crippen LogP contribution in [0, 0.1) is 11.3 Å². The van der Waals surface area contributed by atoms with E-state index in [2.05, 4.69) is 11.4 Å². The van der Waals surface area contributed by atoms with E-state index in [1.807, 2.05) is 30.3 Å². The maximum absolute atomic E-state index is 13.6. The van der Waals surface area contributed by atoms with Gasteiger partial charge in [0, 0.05) is 51.6 Å². The summed E-state index contributed by atoms with van der Waals surface area (Å²) in [5.74, 6) is -0.496. The normalized spacial score (nSPS) is 18.9. The number of hydrogen-bond acceptors (Lipinski definition) is 6. The van der Waals surface area contributed by atoms with Crippen LogP contribution < -0.4 is 5.32 Å². The van der Waals surface area contributed by atoms with E-state index >= 15 is 0 Å². The molecule has 0 radical (unpaired) electrons. The van der Waals surface area contributed by atoms with Gasteiger partial charge < -0.3 is 15.2 Å². The van der Waals surface area contributed by atoms with E-state index < -0.39 is 39.1 Å². The molecule has 0 unspecified atom stereocenters. The highest BCUT2D eigenvalue weighted by Crippen LogP contribution is 2.35. The van der Waals surface area contributed by atoms with Gasteiger partial charge in [0.05, 0.1) is 11.0 Å². The predicted octanol–water partition coefficient (Wildman–Crippen LogP) is 3.37. The first-order valence-corrected chi connectivity index (χ1v) is 14.2. The van der Waals surface area contributed by atoms with Gasteiger partial charge in [-0.2, -0.15) is 9.57 Å². The Morgan fingerprint density at radius 2 is 1.77 bits per heavy atom. The summed E-state index contributed by atoms with van der Waals surface area (Å²) in [5.41, 5.74) is 1.18. The number of fused-ring (bicyclic) bond motifs is 1. The van der Waals surface area contributed by atoms with Crippen molar-refractivity contribution in [2.45, 2.75) is 68.6 Å². The highest BCUT2D eigenvalue weighted by Gasteiger charge is 2.52. The third kappa shape index (κ3) is 5.50. The van der Waals surface area contributed by atoms with Gasteiger partial charge in [0.1, 0.15) is 11.6 Å². The van der Waals surface area contributed by atoms with Gasteiger partial charge in [0.2, 0.25) is 15.9 Å². The first-order valence-electron chi connectivity index (χ1n) is 12.8. The first kappa shape index (κ1) is 28.5. The van der Waals surface area contributed by atoms with E-state index in [0.717, 1.165) is 22.3 Å². The van der Waals surface area contributed by atoms with Crippen LogP contribution in [0.1, 0.15) is 44.7 Å². The van der Waals surface area contributed by atoms with Crippen LogP contribution in [0.5, 0.6) is 0 Å². The molecule has 2 amide bonds. The number of nitriles is 1. The maximum Gasteiger partial charge on any atom is 0.408 e. The van der Waals surface area contributed by atoms with Crippen LogP contribution in [-0.2, 0) is 32.5 Å². The molecule has 2 aromatic rings. The molecule has 2 aliphatic rings. The lowest BCUT2D eigenvalue weighted by Crippen LogP contribution is -2.68. The minimum atomic E-state index is -3.42. The Morgan fingerprint density at radius 3 is 2.33 bits per heavy atom. The summed E-state index contributed by atoms with van der Waals surface area (Å²) < 4.78 is 31.5. The van der Waals surface area contributed by atoms with Crippen molar-refractivity contribution in [3.8, 4) is 17.2 Å². The average Bonchev–Trinajstić information content (AvgIpc) is 3.10. The van der Waals surface area contributed by atoms with Gasteiger partial charge in [-0.1, -0.05) is 30.3 Å². The molecule has 39 heavy (non-hydrogen) atoms. The highest BCUT2D eigenvalue weighted by atomic mass is 32.2. The van der Waals surface area contributed by atoms with Crippen LogP contribution in [-0.4, -0.2) is 72.1 Å². The summed E-state index contributed by atoms with van der Waals surface area (Å²) in [4.78, 5) is 27.4. The molecule has 2 aromatic carbocycles. The lowest BCUT2D eigenvalue weighted by Gasteiger charge is -2.49. The molecular weight excluding hydrogens is 520 g/mol. The molecule has 208 valence electrons. The van der Waals surface area contributed by atoms with Crippen molar-refractivity contribution in [2.24, 2.45) is 0 Å². The van der Waals surface area contributed by atoms with E-state index in [9.17, 15) is 28.4 Å². The first-order chi connectivity index (χ1) is 18.3. The molecule has 0 aliphatic carbocycles. The zero-order valence-corrected chi connectivity index (χ0v) is 23.4. The number of nitrogens with one attached hydrogen (secondary N) is 1. The van der Waals surface area contributed by atoms with Crippen LogP contribution in [0.15, 0.2) is 47.4 Å². The third-order valence-corrected chi connectivity index (χ3v) is 9.27. The van der Waals surface area contributed by atoms with Crippen LogP contribution in [0.2, 0.25) is 0 Å². The Kier molecular flexibility index (Phi) is 7.76. The summed E-state index contributed by atoms with van der Waals surface area (Å²) in [6, 6.07) is 14.1. The molecule has 1 fully saturated rings. The molecule has 11 heteroatoms. The number of nitrogens with zero attached hydrogens (tertiary/aromatic N) is 3. The lowest BCUT2D eigenvalue weighted by molar-refractivity contribution is -0.144. The van der Waals surface area contributed by atoms with Crippen molar-refractivity contribution >= 4 is 22.0 Å². The predicted molar refractivity (Wildman–Crippen MR) is 144 cm³/mol. The zero-order valence-electron chi connectivity index (χ0n) is 22.6. The number of rotatable bonds is 6. The maximum atomic E-state index is 13.6. The molecule has 1 saturated heterocycles. The van der Waals surface area contributed by atoms with Crippen LogP contribution >= 0.6 is 0 Å². The van der Waals surface area contributed by atoms with Gasteiger partial charge in [-0.25, -0.2) is 13.2 Å². The number of benzene rings is 2. The Hall–Kier alpha value is -3.46. The fourth-order valence-corrected chi connectivity index (χ4v) is 6.83. The van der Waals surface area contributed by atoms with Gasteiger partial charge in [-0.15, -0.1) is 0 Å². The van der Waals surface area contributed by atoms with Crippen LogP contribution in [0.3, 0.4) is 0 Å². The molecule has 4 rings (SSSR count). The standard InChI is InChI=1S/C28H34N4O6S/c1-27(2,3)32(26(34)35)28(11-13-38-14-12-28)25(33)30-23(17-29)15-19-5-7-20(8-6-19)21-9-10-24-22(16-21)18-31(4)39(24,36)37/h5-10,16,23H,11-15,18H2,1-4H3,(H,30,33)(H,34,35)/t23-/m0/s1. The molecule has 2 aliphatic heterocycles. The quantitative estimate of drug-likeness (QED) is 0.558. The number of ether oxygens (including phenoxy) is 1. The SMILES string of the molecule is CN1Cc2cc(-c3ccc(C[C@@H](C#N)NC(=O)C4(N(C(=O)O)C(C)(C)C)CCOCC4)cc3)ccc2S1(=O)=O. The Balaban J connectivity index is 1.51. The zero-order chi connectivity index (χ0) is 28.6. The van der Waals surface area contributed by atoms with Crippen molar-refractivity contribution in [3.63, 3.8) is 0 Å². The molecule has 0 spiro atoms. The monoisotopic (exact) mass is 554 g/mol. The van der Waals surface area contributed by atoms with Crippen LogP contribution in [0.25, 0.3) is 11.1 Å². The van der Waals surface area contributed by atoms with Crippen molar-refractivity contribution in [1.29, 1.82) is 5.26 Å². The fourth-order valence-electron chi connectivity index (χ4n) is 5.49.